The van der Waals surface area contributed by atoms with E-state index in [0.29, 0.717) is 11.1 Å². The van der Waals surface area contributed by atoms with Crippen molar-refractivity contribution in [2.45, 2.75) is 13.8 Å². The Morgan fingerprint density at radius 1 is 0.667 bits per heavy atom. The molecule has 36 heavy (non-hydrogen) atoms. The van der Waals surface area contributed by atoms with E-state index in [1.807, 2.05) is 6.07 Å². The summed E-state index contributed by atoms with van der Waals surface area (Å²) in [4.78, 5) is 28.2. The zero-order valence-corrected chi connectivity index (χ0v) is 21.7. The summed E-state index contributed by atoms with van der Waals surface area (Å²) in [6, 6.07) is 32.6. The van der Waals surface area contributed by atoms with Crippen molar-refractivity contribution in [3.05, 3.63) is 129 Å². The van der Waals surface area contributed by atoms with Gasteiger partial charge >= 0.3 is 217 Å². The SMILES string of the molecule is Cc1ccc(N(c2ccc(C=C3C(=O)c4ccccc4C3=O)[se]2)c2ccc(C)c3ccccc23)cc1. The van der Waals surface area contributed by atoms with Crippen molar-refractivity contribution in [1.29, 1.82) is 0 Å². The Kier molecular flexibility index (Phi) is 5.56. The number of aryl methyl sites for hydroxylation is 2. The van der Waals surface area contributed by atoms with Crippen LogP contribution in [-0.4, -0.2) is 26.1 Å². The molecular formula is C32H23NO2Se. The van der Waals surface area contributed by atoms with Crippen molar-refractivity contribution in [2.24, 2.45) is 0 Å². The number of fused-ring (bicyclic) bond motifs is 2. The third-order valence-electron chi connectivity index (χ3n) is 6.68. The summed E-state index contributed by atoms with van der Waals surface area (Å²) in [5.41, 5.74) is 5.93. The van der Waals surface area contributed by atoms with Gasteiger partial charge in [0.1, 0.15) is 0 Å². The first-order valence-electron chi connectivity index (χ1n) is 11.9. The molecule has 0 aliphatic heterocycles. The molecule has 174 valence electrons. The number of hydrogen-bond acceptors (Lipinski definition) is 3. The molecule has 6 rings (SSSR count). The Balaban J connectivity index is 1.47. The monoisotopic (exact) mass is 533 g/mol. The molecule has 0 radical (unpaired) electrons. The summed E-state index contributed by atoms with van der Waals surface area (Å²) >= 11 is -0.0841. The summed E-state index contributed by atoms with van der Waals surface area (Å²) < 4.78 is 2.16. The number of carbonyl (C=O) groups excluding carboxylic acids is 2. The molecular weight excluding hydrogens is 509 g/mol. The van der Waals surface area contributed by atoms with Crippen LogP contribution in [0.3, 0.4) is 0 Å². The minimum absolute atomic E-state index is 0.0841. The quantitative estimate of drug-likeness (QED) is 0.137. The van der Waals surface area contributed by atoms with E-state index in [1.165, 1.54) is 21.9 Å². The van der Waals surface area contributed by atoms with Gasteiger partial charge in [0.15, 0.2) is 0 Å². The zero-order valence-electron chi connectivity index (χ0n) is 20.0. The first-order valence-corrected chi connectivity index (χ1v) is 13.6. The fourth-order valence-corrected chi connectivity index (χ4v) is 6.86. The second-order valence-corrected chi connectivity index (χ2v) is 11.4. The topological polar surface area (TPSA) is 37.4 Å². The van der Waals surface area contributed by atoms with Gasteiger partial charge < -0.3 is 0 Å². The minimum atomic E-state index is -0.180. The summed E-state index contributed by atoms with van der Waals surface area (Å²) in [5, 5.41) is 2.42. The number of ketones is 2. The standard InChI is InChI=1S/C32H23NO2Se/c1-20-11-14-22(15-12-20)33(29-17-13-21(2)24-7-3-4-8-25(24)29)30-18-16-23(36-30)19-28-31(34)26-9-5-6-10-27(26)32(28)35/h3-19H,1-2H3. The average Bonchev–Trinajstić information content (AvgIpc) is 3.46. The van der Waals surface area contributed by atoms with E-state index >= 15 is 0 Å². The van der Waals surface area contributed by atoms with E-state index in [2.05, 4.69) is 85.5 Å². The fraction of sp³-hybridized carbons (Fsp3) is 0.0625. The van der Waals surface area contributed by atoms with Crippen molar-refractivity contribution in [2.75, 3.05) is 4.90 Å². The van der Waals surface area contributed by atoms with Gasteiger partial charge in [0, 0.05) is 0 Å². The Morgan fingerprint density at radius 2 is 1.31 bits per heavy atom. The van der Waals surface area contributed by atoms with Crippen LogP contribution in [0.2, 0.25) is 0 Å². The summed E-state index contributed by atoms with van der Waals surface area (Å²) in [7, 11) is 0. The van der Waals surface area contributed by atoms with Crippen LogP contribution in [0.15, 0.2) is 103 Å². The van der Waals surface area contributed by atoms with E-state index in [4.69, 9.17) is 0 Å². The number of allylic oxidation sites excluding steroid dienone is 1. The Labute approximate surface area is 216 Å². The third kappa shape index (κ3) is 3.76. The summed E-state index contributed by atoms with van der Waals surface area (Å²) in [6.07, 6.45) is 1.80. The van der Waals surface area contributed by atoms with Crippen LogP contribution < -0.4 is 4.90 Å². The van der Waals surface area contributed by atoms with Crippen LogP contribution in [0, 0.1) is 13.8 Å². The number of Topliss-reactive ketones (excluding diaryl/α,β-unsaturated/α-hetero) is 2. The maximum absolute atomic E-state index is 12.9. The van der Waals surface area contributed by atoms with E-state index in [-0.39, 0.29) is 31.6 Å². The molecule has 4 aromatic carbocycles. The molecule has 0 saturated heterocycles. The number of hydrogen-bond donors (Lipinski definition) is 0. The van der Waals surface area contributed by atoms with Crippen LogP contribution >= 0.6 is 0 Å². The second kappa shape index (κ2) is 8.91. The molecule has 0 amide bonds. The van der Waals surface area contributed by atoms with Crippen molar-refractivity contribution in [3.8, 4) is 0 Å². The molecule has 3 nitrogen and oxygen atoms in total. The van der Waals surface area contributed by atoms with E-state index in [9.17, 15) is 9.59 Å². The molecule has 5 aromatic rings. The average molecular weight is 533 g/mol. The van der Waals surface area contributed by atoms with Crippen LogP contribution in [-0.2, 0) is 0 Å². The first kappa shape index (κ1) is 22.5. The van der Waals surface area contributed by atoms with Gasteiger partial charge in [0.2, 0.25) is 0 Å². The van der Waals surface area contributed by atoms with E-state index < -0.39 is 0 Å². The molecule has 4 heteroatoms. The molecule has 0 bridgehead atoms. The molecule has 1 aromatic heterocycles. The van der Waals surface area contributed by atoms with Gasteiger partial charge in [-0.15, -0.1) is 0 Å². The summed E-state index contributed by atoms with van der Waals surface area (Å²) in [6.45, 7) is 4.23. The van der Waals surface area contributed by atoms with Gasteiger partial charge in [0.25, 0.3) is 0 Å². The Morgan fingerprint density at radius 3 is 2.00 bits per heavy atom. The third-order valence-corrected chi connectivity index (χ3v) is 8.81. The molecule has 0 atom stereocenters. The molecule has 0 spiro atoms. The number of carbonyl (C=O) groups is 2. The fourth-order valence-electron chi connectivity index (χ4n) is 4.79. The molecule has 0 saturated carbocycles. The normalized spacial score (nSPS) is 12.8. The number of anilines is 3. The van der Waals surface area contributed by atoms with Crippen LogP contribution in [0.4, 0.5) is 15.9 Å². The first-order chi connectivity index (χ1) is 17.5. The van der Waals surface area contributed by atoms with Gasteiger partial charge in [0.05, 0.1) is 0 Å². The van der Waals surface area contributed by atoms with Gasteiger partial charge in [-0.25, -0.2) is 0 Å². The number of benzene rings is 4. The predicted octanol–water partition coefficient (Wildman–Crippen LogP) is 7.45. The number of nitrogens with zero attached hydrogens (tertiary/aromatic N) is 1. The molecule has 0 unspecified atom stereocenters. The van der Waals surface area contributed by atoms with Crippen LogP contribution in [0.5, 0.6) is 0 Å². The van der Waals surface area contributed by atoms with Gasteiger partial charge in [-0.3, -0.25) is 0 Å². The van der Waals surface area contributed by atoms with Crippen molar-refractivity contribution >= 4 is 58.9 Å². The molecule has 1 heterocycles. The Bertz CT molecular complexity index is 1650. The van der Waals surface area contributed by atoms with Crippen LogP contribution in [0.25, 0.3) is 16.8 Å². The van der Waals surface area contributed by atoms with Gasteiger partial charge in [-0.1, -0.05) is 0 Å². The molecule has 0 N–H and O–H groups in total. The van der Waals surface area contributed by atoms with Crippen molar-refractivity contribution < 1.29 is 9.59 Å². The second-order valence-electron chi connectivity index (χ2n) is 9.06. The van der Waals surface area contributed by atoms with Gasteiger partial charge in [-0.05, 0) is 0 Å². The summed E-state index contributed by atoms with van der Waals surface area (Å²) in [5.74, 6) is -0.360. The molecule has 0 fully saturated rings. The zero-order chi connectivity index (χ0) is 24.8. The van der Waals surface area contributed by atoms with E-state index in [1.54, 1.807) is 30.3 Å². The Hall–Kier alpha value is -3.98. The van der Waals surface area contributed by atoms with Crippen molar-refractivity contribution in [1.82, 2.24) is 0 Å². The molecule has 1 aliphatic carbocycles. The van der Waals surface area contributed by atoms with Crippen molar-refractivity contribution in [3.63, 3.8) is 0 Å². The van der Waals surface area contributed by atoms with Crippen LogP contribution in [0.1, 0.15) is 36.3 Å². The maximum atomic E-state index is 12.9. The van der Waals surface area contributed by atoms with E-state index in [0.717, 1.165) is 20.4 Å². The predicted molar refractivity (Wildman–Crippen MR) is 148 cm³/mol. The van der Waals surface area contributed by atoms with Gasteiger partial charge in [-0.2, -0.15) is 0 Å². The molecule has 1 aliphatic rings. The number of rotatable bonds is 4.